The molecule has 2 aliphatic rings. The first kappa shape index (κ1) is 12.8. The summed E-state index contributed by atoms with van der Waals surface area (Å²) in [6, 6.07) is 8.77. The lowest BCUT2D eigenvalue weighted by atomic mass is 10.0. The van der Waals surface area contributed by atoms with Crippen LogP contribution in [0.25, 0.3) is 10.9 Å². The molecule has 3 atom stereocenters. The summed E-state index contributed by atoms with van der Waals surface area (Å²) in [5.41, 5.74) is 1.27. The number of esters is 1. The van der Waals surface area contributed by atoms with Crippen molar-refractivity contribution in [3.63, 3.8) is 0 Å². The average Bonchev–Trinajstić information content (AvgIpc) is 2.98. The zero-order valence-corrected chi connectivity index (χ0v) is 12.1. The Balaban J connectivity index is 1.51. The van der Waals surface area contributed by atoms with Gasteiger partial charge in [0.05, 0.1) is 5.52 Å². The second-order valence-electron chi connectivity index (χ2n) is 6.17. The van der Waals surface area contributed by atoms with Crippen molar-refractivity contribution in [1.29, 1.82) is 0 Å². The standard InChI is InChI=1S/C16H19N3O2/c1-19-10-6-7-11(19)9-12(8-10)21-16(20)15-13-4-2-3-5-14(13)17-18-15/h2-5,10-12H,6-9H2,1H3,(H,17,18)/t10-,11+,12?. The SMILES string of the molecule is CN1[C@@H]2CC[C@H]1CC(OC(=O)c1n[nH]c3ccccc13)C2. The Morgan fingerprint density at radius 2 is 2.00 bits per heavy atom. The van der Waals surface area contributed by atoms with Gasteiger partial charge in [-0.15, -0.1) is 0 Å². The number of nitrogens with one attached hydrogen (secondary N) is 1. The number of piperidine rings is 1. The Bertz CT molecular complexity index is 667. The van der Waals surface area contributed by atoms with Crippen LogP contribution in [0.3, 0.4) is 0 Å². The quantitative estimate of drug-likeness (QED) is 0.860. The number of nitrogens with zero attached hydrogens (tertiary/aromatic N) is 2. The van der Waals surface area contributed by atoms with Crippen LogP contribution < -0.4 is 0 Å². The third kappa shape index (κ3) is 2.12. The molecule has 3 heterocycles. The smallest absolute Gasteiger partial charge is 0.359 e. The molecule has 2 fully saturated rings. The van der Waals surface area contributed by atoms with Gasteiger partial charge in [-0.05, 0) is 26.0 Å². The van der Waals surface area contributed by atoms with Gasteiger partial charge in [-0.2, -0.15) is 5.10 Å². The Labute approximate surface area is 123 Å². The highest BCUT2D eigenvalue weighted by Crippen LogP contribution is 2.35. The van der Waals surface area contributed by atoms with Crippen molar-refractivity contribution in [1.82, 2.24) is 15.1 Å². The summed E-state index contributed by atoms with van der Waals surface area (Å²) in [6.45, 7) is 0. The number of carbonyl (C=O) groups is 1. The molecule has 1 N–H and O–H groups in total. The van der Waals surface area contributed by atoms with Crippen LogP contribution in [0, 0.1) is 0 Å². The molecule has 0 amide bonds. The summed E-state index contributed by atoms with van der Waals surface area (Å²) in [4.78, 5) is 14.8. The zero-order chi connectivity index (χ0) is 14.4. The van der Waals surface area contributed by atoms with E-state index in [-0.39, 0.29) is 12.1 Å². The summed E-state index contributed by atoms with van der Waals surface area (Å²) in [5, 5.41) is 7.84. The van der Waals surface area contributed by atoms with Gasteiger partial charge in [0.2, 0.25) is 0 Å². The summed E-state index contributed by atoms with van der Waals surface area (Å²) in [7, 11) is 2.18. The van der Waals surface area contributed by atoms with E-state index in [1.54, 1.807) is 0 Å². The van der Waals surface area contributed by atoms with Crippen LogP contribution >= 0.6 is 0 Å². The van der Waals surface area contributed by atoms with Crippen LogP contribution in [-0.2, 0) is 4.74 Å². The topological polar surface area (TPSA) is 58.2 Å². The lowest BCUT2D eigenvalue weighted by Crippen LogP contribution is -2.43. The average molecular weight is 285 g/mol. The molecule has 2 bridgehead atoms. The molecule has 21 heavy (non-hydrogen) atoms. The van der Waals surface area contributed by atoms with Crippen LogP contribution in [0.5, 0.6) is 0 Å². The maximum Gasteiger partial charge on any atom is 0.359 e. The van der Waals surface area contributed by atoms with Gasteiger partial charge in [0.15, 0.2) is 5.69 Å². The molecule has 5 nitrogen and oxygen atoms in total. The third-order valence-electron chi connectivity index (χ3n) is 4.99. The van der Waals surface area contributed by atoms with Crippen molar-refractivity contribution in [3.05, 3.63) is 30.0 Å². The van der Waals surface area contributed by atoms with Crippen molar-refractivity contribution in [3.8, 4) is 0 Å². The first-order valence-corrected chi connectivity index (χ1v) is 7.58. The minimum atomic E-state index is -0.304. The predicted octanol–water partition coefficient (Wildman–Crippen LogP) is 2.34. The minimum Gasteiger partial charge on any atom is -0.457 e. The van der Waals surface area contributed by atoms with Crippen LogP contribution in [0.1, 0.15) is 36.2 Å². The fourth-order valence-electron chi connectivity index (χ4n) is 3.78. The molecule has 2 aliphatic heterocycles. The Morgan fingerprint density at radius 1 is 1.29 bits per heavy atom. The minimum absolute atomic E-state index is 0.0293. The largest absolute Gasteiger partial charge is 0.457 e. The van der Waals surface area contributed by atoms with Gasteiger partial charge < -0.3 is 9.64 Å². The number of ether oxygens (including phenoxy) is 1. The van der Waals surface area contributed by atoms with E-state index in [2.05, 4.69) is 22.1 Å². The number of carbonyl (C=O) groups excluding carboxylic acids is 1. The van der Waals surface area contributed by atoms with Gasteiger partial charge in [0.1, 0.15) is 6.10 Å². The molecule has 0 radical (unpaired) electrons. The van der Waals surface area contributed by atoms with E-state index in [1.165, 1.54) is 12.8 Å². The molecule has 0 aliphatic carbocycles. The first-order chi connectivity index (χ1) is 10.2. The van der Waals surface area contributed by atoms with Gasteiger partial charge in [0, 0.05) is 30.3 Å². The maximum absolute atomic E-state index is 12.4. The highest BCUT2D eigenvalue weighted by Gasteiger charge is 2.40. The second-order valence-corrected chi connectivity index (χ2v) is 6.17. The van der Waals surface area contributed by atoms with Crippen molar-refractivity contribution in [2.45, 2.75) is 43.9 Å². The number of hydrogen-bond donors (Lipinski definition) is 1. The Morgan fingerprint density at radius 3 is 2.76 bits per heavy atom. The molecular formula is C16H19N3O2. The number of H-pyrrole nitrogens is 1. The predicted molar refractivity (Wildman–Crippen MR) is 79.1 cm³/mol. The molecule has 1 aromatic heterocycles. The fourth-order valence-corrected chi connectivity index (χ4v) is 3.78. The summed E-state index contributed by atoms with van der Waals surface area (Å²) >= 11 is 0. The normalized spacial score (nSPS) is 28.9. The van der Waals surface area contributed by atoms with Crippen molar-refractivity contribution < 1.29 is 9.53 Å². The Hall–Kier alpha value is -1.88. The van der Waals surface area contributed by atoms with E-state index in [0.29, 0.717) is 17.8 Å². The molecule has 0 saturated carbocycles. The summed E-state index contributed by atoms with van der Waals surface area (Å²) < 4.78 is 5.72. The van der Waals surface area contributed by atoms with Crippen molar-refractivity contribution >= 4 is 16.9 Å². The van der Waals surface area contributed by atoms with Gasteiger partial charge in [-0.3, -0.25) is 5.10 Å². The maximum atomic E-state index is 12.4. The van der Waals surface area contributed by atoms with Crippen LogP contribution in [0.4, 0.5) is 0 Å². The van der Waals surface area contributed by atoms with Crippen molar-refractivity contribution in [2.24, 2.45) is 0 Å². The monoisotopic (exact) mass is 285 g/mol. The molecule has 2 aromatic rings. The second kappa shape index (κ2) is 4.84. The van der Waals surface area contributed by atoms with Crippen LogP contribution in [-0.4, -0.2) is 46.3 Å². The number of fused-ring (bicyclic) bond motifs is 3. The zero-order valence-electron chi connectivity index (χ0n) is 12.1. The number of aromatic amines is 1. The molecule has 4 rings (SSSR count). The van der Waals surface area contributed by atoms with Crippen molar-refractivity contribution in [2.75, 3.05) is 7.05 Å². The molecule has 5 heteroatoms. The molecule has 1 aromatic carbocycles. The third-order valence-corrected chi connectivity index (χ3v) is 4.99. The van der Waals surface area contributed by atoms with Crippen LogP contribution in [0.15, 0.2) is 24.3 Å². The molecular weight excluding hydrogens is 266 g/mol. The van der Waals surface area contributed by atoms with E-state index in [9.17, 15) is 4.79 Å². The highest BCUT2D eigenvalue weighted by atomic mass is 16.5. The Kier molecular flexibility index (Phi) is 2.96. The fraction of sp³-hybridized carbons (Fsp3) is 0.500. The number of hydrogen-bond acceptors (Lipinski definition) is 4. The summed E-state index contributed by atoms with van der Waals surface area (Å²) in [5.74, 6) is -0.304. The molecule has 2 saturated heterocycles. The van der Waals surface area contributed by atoms with Gasteiger partial charge in [-0.25, -0.2) is 4.79 Å². The number of benzene rings is 1. The summed E-state index contributed by atoms with van der Waals surface area (Å²) in [6.07, 6.45) is 4.37. The van der Waals surface area contributed by atoms with E-state index >= 15 is 0 Å². The first-order valence-electron chi connectivity index (χ1n) is 7.58. The van der Waals surface area contributed by atoms with Crippen LogP contribution in [0.2, 0.25) is 0 Å². The van der Waals surface area contributed by atoms with Gasteiger partial charge >= 0.3 is 5.97 Å². The lowest BCUT2D eigenvalue weighted by Gasteiger charge is -2.35. The molecule has 1 unspecified atom stereocenters. The van der Waals surface area contributed by atoms with E-state index in [0.717, 1.165) is 23.7 Å². The van der Waals surface area contributed by atoms with E-state index in [1.807, 2.05) is 24.3 Å². The number of rotatable bonds is 2. The highest BCUT2D eigenvalue weighted by molar-refractivity contribution is 6.01. The lowest BCUT2D eigenvalue weighted by molar-refractivity contribution is -0.000805. The van der Waals surface area contributed by atoms with Gasteiger partial charge in [0.25, 0.3) is 0 Å². The van der Waals surface area contributed by atoms with Gasteiger partial charge in [-0.1, -0.05) is 18.2 Å². The van der Waals surface area contributed by atoms with E-state index < -0.39 is 0 Å². The molecule has 110 valence electrons. The van der Waals surface area contributed by atoms with E-state index in [4.69, 9.17) is 4.74 Å². The molecule has 0 spiro atoms. The number of para-hydroxylation sites is 1. The number of aromatic nitrogens is 2.